The summed E-state index contributed by atoms with van der Waals surface area (Å²) in [5.41, 5.74) is 1.72. The minimum atomic E-state index is -0.339. The second-order valence-electron chi connectivity index (χ2n) is 6.90. The maximum atomic E-state index is 13.0. The molecule has 2 aromatic rings. The zero-order chi connectivity index (χ0) is 17.9. The van der Waals surface area contributed by atoms with Gasteiger partial charge in [-0.1, -0.05) is 6.07 Å². The van der Waals surface area contributed by atoms with Gasteiger partial charge >= 0.3 is 0 Å². The molecule has 1 atom stereocenters. The average molecular weight is 355 g/mol. The van der Waals surface area contributed by atoms with Gasteiger partial charge in [-0.3, -0.25) is 4.79 Å². The lowest BCUT2D eigenvalue weighted by Gasteiger charge is -2.22. The molecule has 1 amide bonds. The number of carbonyl (C=O) groups is 1. The van der Waals surface area contributed by atoms with Crippen molar-refractivity contribution >= 4 is 5.91 Å². The molecule has 0 aromatic heterocycles. The summed E-state index contributed by atoms with van der Waals surface area (Å²) in [5, 5.41) is 2.95. The van der Waals surface area contributed by atoms with Crippen LogP contribution in [0, 0.1) is 11.7 Å². The number of amides is 1. The van der Waals surface area contributed by atoms with E-state index in [0.717, 1.165) is 17.9 Å². The van der Waals surface area contributed by atoms with Gasteiger partial charge < -0.3 is 14.8 Å². The first-order valence-corrected chi connectivity index (χ1v) is 9.14. The molecule has 4 nitrogen and oxygen atoms in total. The van der Waals surface area contributed by atoms with Gasteiger partial charge in [0.05, 0.1) is 0 Å². The predicted octanol–water partition coefficient (Wildman–Crippen LogP) is 3.91. The lowest BCUT2D eigenvalue weighted by atomic mass is 9.90. The monoisotopic (exact) mass is 355 g/mol. The van der Waals surface area contributed by atoms with E-state index >= 15 is 0 Å². The van der Waals surface area contributed by atoms with E-state index in [1.165, 1.54) is 42.7 Å². The number of hydrogen-bond acceptors (Lipinski definition) is 3. The number of hydrogen-bond donors (Lipinski definition) is 1. The fourth-order valence-electron chi connectivity index (χ4n) is 3.51. The van der Waals surface area contributed by atoms with Crippen LogP contribution in [0.4, 0.5) is 4.39 Å². The van der Waals surface area contributed by atoms with Crippen LogP contribution in [0.5, 0.6) is 11.5 Å². The molecule has 0 radical (unpaired) electrons. The molecule has 2 aliphatic rings. The summed E-state index contributed by atoms with van der Waals surface area (Å²) < 4.78 is 24.3. The molecule has 4 rings (SSSR count). The second kappa shape index (κ2) is 7.36. The van der Waals surface area contributed by atoms with Crippen molar-refractivity contribution in [3.05, 3.63) is 59.4 Å². The van der Waals surface area contributed by atoms with Crippen LogP contribution in [0.15, 0.2) is 42.5 Å². The van der Waals surface area contributed by atoms with E-state index in [9.17, 15) is 9.18 Å². The first kappa shape index (κ1) is 16.9. The fourth-order valence-corrected chi connectivity index (χ4v) is 3.51. The van der Waals surface area contributed by atoms with Gasteiger partial charge in [-0.15, -0.1) is 0 Å². The average Bonchev–Trinajstić information content (AvgIpc) is 3.50. The Morgan fingerprint density at radius 1 is 1.08 bits per heavy atom. The van der Waals surface area contributed by atoms with Crippen molar-refractivity contribution in [2.45, 2.75) is 25.2 Å². The molecule has 1 aliphatic heterocycles. The number of ether oxygens (including phenoxy) is 2. The Morgan fingerprint density at radius 3 is 2.54 bits per heavy atom. The normalized spacial score (nSPS) is 16.8. The van der Waals surface area contributed by atoms with Gasteiger partial charge in [0.2, 0.25) is 0 Å². The Hall–Kier alpha value is -2.56. The summed E-state index contributed by atoms with van der Waals surface area (Å²) in [6.45, 7) is 1.76. The van der Waals surface area contributed by atoms with Crippen molar-refractivity contribution in [3.8, 4) is 11.5 Å². The summed E-state index contributed by atoms with van der Waals surface area (Å²) in [6, 6.07) is 11.8. The van der Waals surface area contributed by atoms with E-state index in [2.05, 4.69) is 17.4 Å². The van der Waals surface area contributed by atoms with E-state index in [-0.39, 0.29) is 11.7 Å². The Bertz CT molecular complexity index is 786. The fraction of sp³-hybridized carbons (Fsp3) is 0.381. The lowest BCUT2D eigenvalue weighted by molar-refractivity contribution is 0.0952. The standard InChI is InChI=1S/C21H22FNO3/c22-17-6-3-15(4-7-17)21(24)23-10-9-18(14-1-2-14)16-5-8-19-20(13-16)26-12-11-25-19/h3-8,13-14,18H,1-2,9-12H2,(H,23,24). The number of benzene rings is 2. The van der Waals surface area contributed by atoms with Gasteiger partial charge in [-0.25, -0.2) is 4.39 Å². The first-order valence-electron chi connectivity index (χ1n) is 9.14. The molecular weight excluding hydrogens is 333 g/mol. The zero-order valence-electron chi connectivity index (χ0n) is 14.5. The molecule has 1 aliphatic carbocycles. The van der Waals surface area contributed by atoms with E-state index in [1.54, 1.807) is 0 Å². The molecule has 5 heteroatoms. The third-order valence-corrected chi connectivity index (χ3v) is 5.03. The van der Waals surface area contributed by atoms with Crippen LogP contribution in [-0.2, 0) is 0 Å². The van der Waals surface area contributed by atoms with Gasteiger partial charge in [0, 0.05) is 12.1 Å². The molecule has 1 N–H and O–H groups in total. The number of carbonyl (C=O) groups excluding carboxylic acids is 1. The third-order valence-electron chi connectivity index (χ3n) is 5.03. The molecule has 2 aromatic carbocycles. The molecular formula is C21H22FNO3. The highest BCUT2D eigenvalue weighted by molar-refractivity contribution is 5.94. The van der Waals surface area contributed by atoms with E-state index in [4.69, 9.17) is 9.47 Å². The second-order valence-corrected chi connectivity index (χ2v) is 6.90. The van der Waals surface area contributed by atoms with Gasteiger partial charge in [0.25, 0.3) is 5.91 Å². The van der Waals surface area contributed by atoms with Crippen molar-refractivity contribution in [1.29, 1.82) is 0 Å². The van der Waals surface area contributed by atoms with Gasteiger partial charge in [-0.2, -0.15) is 0 Å². The lowest BCUT2D eigenvalue weighted by Crippen LogP contribution is -2.26. The van der Waals surface area contributed by atoms with E-state index in [0.29, 0.717) is 37.2 Å². The van der Waals surface area contributed by atoms with Gasteiger partial charge in [0.1, 0.15) is 19.0 Å². The van der Waals surface area contributed by atoms with E-state index in [1.807, 2.05) is 6.07 Å². The first-order chi connectivity index (χ1) is 12.7. The molecule has 26 heavy (non-hydrogen) atoms. The Labute approximate surface area is 152 Å². The maximum absolute atomic E-state index is 13.0. The quantitative estimate of drug-likeness (QED) is 0.855. The van der Waals surface area contributed by atoms with E-state index < -0.39 is 0 Å². The smallest absolute Gasteiger partial charge is 0.251 e. The number of fused-ring (bicyclic) bond motifs is 1. The Kier molecular flexibility index (Phi) is 4.78. The molecule has 0 saturated heterocycles. The van der Waals surface area contributed by atoms with Gasteiger partial charge in [-0.05, 0) is 73.1 Å². The summed E-state index contributed by atoms with van der Waals surface area (Å²) in [5.74, 6) is 2.18. The molecule has 0 spiro atoms. The topological polar surface area (TPSA) is 47.6 Å². The van der Waals surface area contributed by atoms with Crippen LogP contribution in [0.2, 0.25) is 0 Å². The summed E-state index contributed by atoms with van der Waals surface area (Å²) in [6.07, 6.45) is 3.33. The summed E-state index contributed by atoms with van der Waals surface area (Å²) >= 11 is 0. The molecule has 1 unspecified atom stereocenters. The predicted molar refractivity (Wildman–Crippen MR) is 96.2 cm³/mol. The minimum absolute atomic E-state index is 0.165. The minimum Gasteiger partial charge on any atom is -0.486 e. The third kappa shape index (κ3) is 3.82. The van der Waals surface area contributed by atoms with Crippen LogP contribution in [0.3, 0.4) is 0 Å². The summed E-state index contributed by atoms with van der Waals surface area (Å²) in [4.78, 5) is 12.2. The van der Waals surface area contributed by atoms with Crippen molar-refractivity contribution in [2.75, 3.05) is 19.8 Å². The zero-order valence-corrected chi connectivity index (χ0v) is 14.5. The maximum Gasteiger partial charge on any atom is 0.251 e. The van der Waals surface area contributed by atoms with Crippen LogP contribution < -0.4 is 14.8 Å². The van der Waals surface area contributed by atoms with Crippen LogP contribution >= 0.6 is 0 Å². The van der Waals surface area contributed by atoms with Crippen LogP contribution in [0.1, 0.15) is 41.1 Å². The van der Waals surface area contributed by atoms with Gasteiger partial charge in [0.15, 0.2) is 11.5 Å². The number of rotatable bonds is 6. The summed E-state index contributed by atoms with van der Waals surface area (Å²) in [7, 11) is 0. The molecule has 0 bridgehead atoms. The van der Waals surface area contributed by atoms with Crippen LogP contribution in [-0.4, -0.2) is 25.7 Å². The van der Waals surface area contributed by atoms with Crippen molar-refractivity contribution in [3.63, 3.8) is 0 Å². The highest BCUT2D eigenvalue weighted by Gasteiger charge is 2.32. The van der Waals surface area contributed by atoms with Crippen LogP contribution in [0.25, 0.3) is 0 Å². The highest BCUT2D eigenvalue weighted by atomic mass is 19.1. The SMILES string of the molecule is O=C(NCCC(c1ccc2c(c1)OCCO2)C1CC1)c1ccc(F)cc1. The highest BCUT2D eigenvalue weighted by Crippen LogP contribution is 2.46. The van der Waals surface area contributed by atoms with Crippen molar-refractivity contribution in [1.82, 2.24) is 5.32 Å². The Morgan fingerprint density at radius 2 is 1.81 bits per heavy atom. The van der Waals surface area contributed by atoms with Crippen molar-refractivity contribution in [2.24, 2.45) is 5.92 Å². The molecule has 1 saturated carbocycles. The number of nitrogens with one attached hydrogen (secondary N) is 1. The largest absolute Gasteiger partial charge is 0.486 e. The molecule has 136 valence electrons. The Balaban J connectivity index is 1.38. The van der Waals surface area contributed by atoms with Crippen molar-refractivity contribution < 1.29 is 18.7 Å². The number of halogens is 1. The molecule has 1 heterocycles. The molecule has 1 fully saturated rings.